The minimum atomic E-state index is -4.57. The van der Waals surface area contributed by atoms with Crippen LogP contribution in [0.25, 0.3) is 0 Å². The van der Waals surface area contributed by atoms with Crippen LogP contribution in [0.5, 0.6) is 0 Å². The summed E-state index contributed by atoms with van der Waals surface area (Å²) in [6.45, 7) is 4.68. The molecule has 7 nitrogen and oxygen atoms in total. The van der Waals surface area contributed by atoms with Gasteiger partial charge < -0.3 is 9.47 Å². The first kappa shape index (κ1) is 41.6. The largest absolute Gasteiger partial charge is 0.462 e. The molecular weight excluding hydrogens is 600 g/mol. The second-order valence-electron chi connectivity index (χ2n) is 12.2. The number of ether oxygens (including phenoxy) is 2. The van der Waals surface area contributed by atoms with Gasteiger partial charge in [0.1, 0.15) is 0 Å². The van der Waals surface area contributed by atoms with E-state index in [9.17, 15) is 22.6 Å². The van der Waals surface area contributed by atoms with Crippen molar-refractivity contribution in [3.05, 3.63) is 53.6 Å². The molecule has 0 heterocycles. The fourth-order valence-electron chi connectivity index (χ4n) is 5.24. The molecule has 0 aliphatic heterocycles. The summed E-state index contributed by atoms with van der Waals surface area (Å²) in [6.07, 6.45) is 34.3. The summed E-state index contributed by atoms with van der Waals surface area (Å²) in [5, 5.41) is 0. The quantitative estimate of drug-likeness (QED) is 0.0393. The summed E-state index contributed by atoms with van der Waals surface area (Å²) in [7, 11) is -4.57. The Hall–Kier alpha value is -2.45. The van der Waals surface area contributed by atoms with E-state index < -0.39 is 27.0 Å². The highest BCUT2D eigenvalue weighted by atomic mass is 32.2. The maximum Gasteiger partial charge on any atom is 0.339 e. The molecule has 0 saturated heterocycles. The van der Waals surface area contributed by atoms with Gasteiger partial charge in [-0.2, -0.15) is 8.42 Å². The van der Waals surface area contributed by atoms with Crippen LogP contribution >= 0.6 is 0 Å². The predicted molar refractivity (Wildman–Crippen MR) is 188 cm³/mol. The van der Waals surface area contributed by atoms with Crippen LogP contribution in [0.4, 0.5) is 0 Å². The van der Waals surface area contributed by atoms with Gasteiger partial charge in [0.25, 0.3) is 10.1 Å². The van der Waals surface area contributed by atoms with Crippen LogP contribution in [0.1, 0.15) is 176 Å². The Morgan fingerprint density at radius 1 is 0.565 bits per heavy atom. The molecule has 0 radical (unpaired) electrons. The fourth-order valence-corrected chi connectivity index (χ4v) is 5.75. The first-order chi connectivity index (χ1) is 22.3. The van der Waals surface area contributed by atoms with Crippen LogP contribution in [0.3, 0.4) is 0 Å². The molecule has 0 amide bonds. The molecule has 1 aromatic carbocycles. The molecule has 0 fully saturated rings. The van der Waals surface area contributed by atoms with Gasteiger partial charge in [0.05, 0.1) is 29.2 Å². The van der Waals surface area contributed by atoms with Crippen molar-refractivity contribution >= 4 is 22.1 Å². The lowest BCUT2D eigenvalue weighted by Gasteiger charge is -2.10. The third-order valence-electron chi connectivity index (χ3n) is 8.05. The average molecular weight is 663 g/mol. The average Bonchev–Trinajstić information content (AvgIpc) is 3.04. The number of benzene rings is 1. The van der Waals surface area contributed by atoms with Crippen molar-refractivity contribution in [3.63, 3.8) is 0 Å². The Morgan fingerprint density at radius 2 is 0.935 bits per heavy atom. The molecule has 0 aliphatic carbocycles. The Balaban J connectivity index is 2.40. The minimum Gasteiger partial charge on any atom is -0.462 e. The third-order valence-corrected chi connectivity index (χ3v) is 8.90. The Bertz CT molecular complexity index is 1110. The molecule has 0 atom stereocenters. The number of hydrogen-bond donors (Lipinski definition) is 1. The molecule has 0 saturated carbocycles. The van der Waals surface area contributed by atoms with Gasteiger partial charge in [0.2, 0.25) is 0 Å². The number of carbonyl (C=O) groups excluding carboxylic acids is 2. The number of allylic oxidation sites excluding steroid dienone is 2. The van der Waals surface area contributed by atoms with Crippen molar-refractivity contribution in [2.45, 2.75) is 160 Å². The molecule has 0 aromatic heterocycles. The van der Waals surface area contributed by atoms with Crippen LogP contribution in [-0.2, 0) is 19.6 Å². The standard InChI is InChI=1S/C38H62O7S/c1-3-5-7-9-11-13-15-17-19-21-23-25-27-31-44-37(39)35-30-29-34(46(41,42)43)33-36(35)38(40)45-32-28-26-24-22-20-18-16-14-12-10-8-6-4-2/h23-26,29-30,33H,3-22,27-28,31-32H2,1-2H3,(H,41,42,43)/b25-23+,26-24+. The van der Waals surface area contributed by atoms with E-state index in [2.05, 4.69) is 26.0 Å². The SMILES string of the molecule is CCCCCCCCCCC/C=C/CCOC(=O)c1ccc(S(=O)(=O)O)cc1C(=O)OCC/C=C/CCCCCCCCCCC. The van der Waals surface area contributed by atoms with E-state index in [1.54, 1.807) is 0 Å². The Labute approximate surface area is 280 Å². The zero-order chi connectivity index (χ0) is 33.7. The van der Waals surface area contributed by atoms with Crippen LogP contribution in [0.2, 0.25) is 0 Å². The van der Waals surface area contributed by atoms with Crippen molar-refractivity contribution in [1.82, 2.24) is 0 Å². The topological polar surface area (TPSA) is 107 Å². The van der Waals surface area contributed by atoms with Gasteiger partial charge in [0, 0.05) is 0 Å². The van der Waals surface area contributed by atoms with E-state index in [4.69, 9.17) is 9.47 Å². The number of rotatable bonds is 29. The molecule has 0 unspecified atom stereocenters. The maximum atomic E-state index is 12.8. The van der Waals surface area contributed by atoms with Gasteiger partial charge >= 0.3 is 11.9 Å². The highest BCUT2D eigenvalue weighted by molar-refractivity contribution is 7.85. The fraction of sp³-hybridized carbons (Fsp3) is 0.684. The van der Waals surface area contributed by atoms with Crippen molar-refractivity contribution in [3.8, 4) is 0 Å². The molecule has 1 N–H and O–H groups in total. The van der Waals surface area contributed by atoms with Crippen LogP contribution in [0, 0.1) is 0 Å². The maximum absolute atomic E-state index is 12.8. The van der Waals surface area contributed by atoms with Gasteiger partial charge in [-0.1, -0.05) is 141 Å². The number of unbranched alkanes of at least 4 members (excludes halogenated alkanes) is 18. The zero-order valence-corrected chi connectivity index (χ0v) is 29.6. The molecule has 46 heavy (non-hydrogen) atoms. The molecule has 1 aromatic rings. The molecule has 0 spiro atoms. The van der Waals surface area contributed by atoms with Crippen molar-refractivity contribution in [2.75, 3.05) is 13.2 Å². The molecule has 8 heteroatoms. The van der Waals surface area contributed by atoms with E-state index in [0.717, 1.165) is 37.8 Å². The predicted octanol–water partition coefficient (Wildman–Crippen LogP) is 11.0. The van der Waals surface area contributed by atoms with Crippen molar-refractivity contribution in [2.24, 2.45) is 0 Å². The molecule has 262 valence electrons. The lowest BCUT2D eigenvalue weighted by Crippen LogP contribution is -2.16. The van der Waals surface area contributed by atoms with E-state index in [1.807, 2.05) is 12.2 Å². The first-order valence-corrected chi connectivity index (χ1v) is 19.5. The van der Waals surface area contributed by atoms with Crippen LogP contribution in [0.15, 0.2) is 47.4 Å². The summed E-state index contributed by atoms with van der Waals surface area (Å²) in [5.41, 5.74) is -0.350. The zero-order valence-electron chi connectivity index (χ0n) is 28.8. The number of hydrogen-bond acceptors (Lipinski definition) is 6. The van der Waals surface area contributed by atoms with Gasteiger partial charge in [-0.25, -0.2) is 9.59 Å². The van der Waals surface area contributed by atoms with Crippen molar-refractivity contribution < 1.29 is 32.0 Å². The lowest BCUT2D eigenvalue weighted by atomic mass is 10.1. The number of esters is 2. The molecule has 0 bridgehead atoms. The Morgan fingerprint density at radius 3 is 1.35 bits per heavy atom. The smallest absolute Gasteiger partial charge is 0.339 e. The Kier molecular flexibility index (Phi) is 25.0. The second kappa shape index (κ2) is 27.6. The van der Waals surface area contributed by atoms with Crippen molar-refractivity contribution in [1.29, 1.82) is 0 Å². The monoisotopic (exact) mass is 662 g/mol. The lowest BCUT2D eigenvalue weighted by molar-refractivity contribution is 0.0464. The second-order valence-corrected chi connectivity index (χ2v) is 13.6. The normalized spacial score (nSPS) is 11.9. The number of carbonyl (C=O) groups is 2. The van der Waals surface area contributed by atoms with Gasteiger partial charge in [0.15, 0.2) is 0 Å². The van der Waals surface area contributed by atoms with Crippen LogP contribution < -0.4 is 0 Å². The first-order valence-electron chi connectivity index (χ1n) is 18.1. The van der Waals surface area contributed by atoms with E-state index in [0.29, 0.717) is 12.8 Å². The molecular formula is C38H62O7S. The minimum absolute atomic E-state index is 0.0848. The van der Waals surface area contributed by atoms with E-state index in [-0.39, 0.29) is 24.3 Å². The summed E-state index contributed by atoms with van der Waals surface area (Å²) in [4.78, 5) is 25.1. The summed E-state index contributed by atoms with van der Waals surface area (Å²) in [6, 6.07) is 3.20. The molecule has 0 aliphatic rings. The van der Waals surface area contributed by atoms with Gasteiger partial charge in [-0.3, -0.25) is 4.55 Å². The van der Waals surface area contributed by atoms with E-state index in [1.165, 1.54) is 109 Å². The van der Waals surface area contributed by atoms with Gasteiger partial charge in [-0.05, 0) is 56.7 Å². The van der Waals surface area contributed by atoms with Crippen LogP contribution in [-0.4, -0.2) is 38.1 Å². The third kappa shape index (κ3) is 21.4. The van der Waals surface area contributed by atoms with Gasteiger partial charge in [-0.15, -0.1) is 0 Å². The highest BCUT2D eigenvalue weighted by Gasteiger charge is 2.23. The van der Waals surface area contributed by atoms with E-state index >= 15 is 0 Å². The summed E-state index contributed by atoms with van der Waals surface area (Å²) >= 11 is 0. The molecule has 1 rings (SSSR count). The highest BCUT2D eigenvalue weighted by Crippen LogP contribution is 2.19. The summed E-state index contributed by atoms with van der Waals surface area (Å²) < 4.78 is 43.5. The summed E-state index contributed by atoms with van der Waals surface area (Å²) in [5.74, 6) is -1.59.